The smallest absolute Gasteiger partial charge is 0.604 e. The van der Waals surface area contributed by atoms with E-state index in [9.17, 15) is 8.63 Å². The fourth-order valence-electron chi connectivity index (χ4n) is 1.21. The summed E-state index contributed by atoms with van der Waals surface area (Å²) in [7, 11) is -2.31. The van der Waals surface area contributed by atoms with Crippen LogP contribution in [0.4, 0.5) is 14.3 Å². The lowest BCUT2D eigenvalue weighted by atomic mass is 10.00. The minimum absolute atomic E-state index is 0. The summed E-state index contributed by atoms with van der Waals surface area (Å²) in [5.41, 5.74) is 0.864. The van der Waals surface area contributed by atoms with E-state index in [2.05, 4.69) is 5.32 Å². The number of halogens is 3. The molecule has 0 spiro atoms. The van der Waals surface area contributed by atoms with E-state index in [4.69, 9.17) is 0 Å². The van der Waals surface area contributed by atoms with Crippen molar-refractivity contribution >= 4 is 13.0 Å². The average molecular weight is 218 g/mol. The van der Waals surface area contributed by atoms with Crippen LogP contribution >= 0.6 is 0 Å². The molecular weight excluding hydrogens is 204 g/mol. The van der Waals surface area contributed by atoms with Crippen molar-refractivity contribution in [3.05, 3.63) is 24.5 Å². The zero-order valence-electron chi connectivity index (χ0n) is 8.75. The van der Waals surface area contributed by atoms with E-state index in [0.717, 1.165) is 5.69 Å². The van der Waals surface area contributed by atoms with Gasteiger partial charge < -0.3 is 10.0 Å². The highest BCUT2D eigenvalue weighted by atomic mass is 19.2. The van der Waals surface area contributed by atoms with Gasteiger partial charge in [-0.3, -0.25) is 8.63 Å². The fraction of sp³-hybridized carbons (Fsp3) is 0.444. The van der Waals surface area contributed by atoms with Crippen LogP contribution in [0.5, 0.6) is 0 Å². The van der Waals surface area contributed by atoms with Crippen LogP contribution in [0.2, 0.25) is 0 Å². The molecule has 0 amide bonds. The molecule has 84 valence electrons. The van der Waals surface area contributed by atoms with Crippen LogP contribution in [-0.4, -0.2) is 13.3 Å². The third-order valence-corrected chi connectivity index (χ3v) is 1.66. The molecule has 0 aliphatic rings. The first-order chi connectivity index (χ1) is 6.58. The van der Waals surface area contributed by atoms with Gasteiger partial charge in [-0.15, -0.1) is 0 Å². The van der Waals surface area contributed by atoms with E-state index in [-0.39, 0.29) is 11.1 Å². The summed E-state index contributed by atoms with van der Waals surface area (Å²) in [5.74, 6) is 0. The standard InChI is InChI=1S/C9H14BF2N2.FH/c1-8(2)13-9-4-3-5-14(6-9)7-10(11)12;/h3-6,8,13H,7H2,1-2H3;1H/q+1;/p-1. The number of rotatable bonds is 4. The zero-order valence-corrected chi connectivity index (χ0v) is 8.75. The Hall–Kier alpha value is -1.20. The molecule has 0 radical (unpaired) electrons. The van der Waals surface area contributed by atoms with Crippen LogP contribution in [0.15, 0.2) is 24.5 Å². The van der Waals surface area contributed by atoms with Crippen molar-refractivity contribution in [3.8, 4) is 0 Å². The van der Waals surface area contributed by atoms with Crippen molar-refractivity contribution in [2.45, 2.75) is 26.3 Å². The number of nitrogens with one attached hydrogen (secondary N) is 1. The molecule has 2 nitrogen and oxygen atoms in total. The number of hydrogen-bond donors (Lipinski definition) is 1. The van der Waals surface area contributed by atoms with Crippen molar-refractivity contribution in [2.24, 2.45) is 0 Å². The van der Waals surface area contributed by atoms with Gasteiger partial charge in [-0.25, -0.2) is 4.57 Å². The van der Waals surface area contributed by atoms with E-state index in [1.54, 1.807) is 18.5 Å². The second-order valence-electron chi connectivity index (χ2n) is 3.48. The van der Waals surface area contributed by atoms with Gasteiger partial charge >= 0.3 is 7.27 Å². The van der Waals surface area contributed by atoms with Crippen molar-refractivity contribution in [1.29, 1.82) is 0 Å². The van der Waals surface area contributed by atoms with Crippen LogP contribution < -0.4 is 14.6 Å². The second-order valence-corrected chi connectivity index (χ2v) is 3.48. The molecule has 1 aromatic heterocycles. The van der Waals surface area contributed by atoms with Gasteiger partial charge in [0.1, 0.15) is 0 Å². The van der Waals surface area contributed by atoms with Crippen molar-refractivity contribution in [1.82, 2.24) is 0 Å². The maximum absolute atomic E-state index is 12.1. The molecule has 0 aliphatic carbocycles. The van der Waals surface area contributed by atoms with Crippen molar-refractivity contribution < 1.29 is 17.9 Å². The molecule has 0 aliphatic heterocycles. The Labute approximate surface area is 87.9 Å². The van der Waals surface area contributed by atoms with E-state index in [1.165, 1.54) is 4.57 Å². The Kier molecular flexibility index (Phi) is 5.82. The molecule has 0 aromatic carbocycles. The van der Waals surface area contributed by atoms with Gasteiger partial charge in [0.05, 0.1) is 5.69 Å². The predicted molar refractivity (Wildman–Crippen MR) is 53.4 cm³/mol. The molecule has 6 heteroatoms. The van der Waals surface area contributed by atoms with Crippen LogP contribution in [-0.2, 0) is 6.44 Å². The zero-order chi connectivity index (χ0) is 10.6. The van der Waals surface area contributed by atoms with Gasteiger partial charge in [-0.2, -0.15) is 0 Å². The fourth-order valence-corrected chi connectivity index (χ4v) is 1.21. The lowest BCUT2D eigenvalue weighted by molar-refractivity contribution is -0.681. The Morgan fingerprint density at radius 2 is 2.13 bits per heavy atom. The number of pyridine rings is 1. The van der Waals surface area contributed by atoms with Gasteiger partial charge in [0.15, 0.2) is 18.8 Å². The lowest BCUT2D eigenvalue weighted by Crippen LogP contribution is -3.00. The summed E-state index contributed by atoms with van der Waals surface area (Å²) < 4.78 is 25.6. The highest BCUT2D eigenvalue weighted by Crippen LogP contribution is 2.03. The first-order valence-corrected chi connectivity index (χ1v) is 4.61. The quantitative estimate of drug-likeness (QED) is 0.494. The summed E-state index contributed by atoms with van der Waals surface area (Å²) in [6.45, 7) is 4.01. The average Bonchev–Trinajstić information content (AvgIpc) is 2.01. The molecular formula is C9H14BF3N2. The molecule has 0 bridgehead atoms. The van der Waals surface area contributed by atoms with Gasteiger partial charge in [-0.1, -0.05) is 0 Å². The SMILES string of the molecule is CC(C)Nc1ccc[n+](CB(F)F)c1.[F-]. The predicted octanol–water partition coefficient (Wildman–Crippen LogP) is -1.24. The largest absolute Gasteiger partial charge is 1.00 e. The van der Waals surface area contributed by atoms with E-state index in [0.29, 0.717) is 6.04 Å². The normalized spacial score (nSPS) is 9.67. The Bertz CT molecular complexity index is 269. The molecule has 1 rings (SSSR count). The number of anilines is 1. The number of hydrogen-bond acceptors (Lipinski definition) is 1. The van der Waals surface area contributed by atoms with E-state index >= 15 is 0 Å². The maximum Gasteiger partial charge on any atom is 0.604 e. The van der Waals surface area contributed by atoms with E-state index < -0.39 is 7.27 Å². The third-order valence-electron chi connectivity index (χ3n) is 1.66. The molecule has 0 saturated carbocycles. The van der Waals surface area contributed by atoms with Crippen molar-refractivity contribution in [3.63, 3.8) is 0 Å². The highest BCUT2D eigenvalue weighted by molar-refractivity contribution is 6.40. The maximum atomic E-state index is 12.1. The van der Waals surface area contributed by atoms with Crippen LogP contribution in [0, 0.1) is 0 Å². The lowest BCUT2D eigenvalue weighted by Gasteiger charge is -2.07. The molecule has 0 fully saturated rings. The molecule has 0 saturated heterocycles. The van der Waals surface area contributed by atoms with Gasteiger partial charge in [-0.05, 0) is 19.9 Å². The Morgan fingerprint density at radius 3 is 2.67 bits per heavy atom. The summed E-state index contributed by atoms with van der Waals surface area (Å²) in [6.07, 6.45) is 3.07. The topological polar surface area (TPSA) is 15.9 Å². The van der Waals surface area contributed by atoms with Crippen LogP contribution in [0.3, 0.4) is 0 Å². The number of aromatic nitrogens is 1. The Balaban J connectivity index is 0.00000196. The molecule has 1 N–H and O–H groups in total. The molecule has 15 heavy (non-hydrogen) atoms. The van der Waals surface area contributed by atoms with Gasteiger partial charge in [0, 0.05) is 12.1 Å². The van der Waals surface area contributed by atoms with Crippen LogP contribution in [0.25, 0.3) is 0 Å². The Morgan fingerprint density at radius 1 is 1.47 bits per heavy atom. The minimum atomic E-state index is -2.31. The first kappa shape index (κ1) is 13.8. The van der Waals surface area contributed by atoms with Crippen molar-refractivity contribution in [2.75, 3.05) is 5.32 Å². The van der Waals surface area contributed by atoms with Crippen LogP contribution in [0.1, 0.15) is 13.8 Å². The van der Waals surface area contributed by atoms with E-state index in [1.807, 2.05) is 19.9 Å². The molecule has 0 atom stereocenters. The molecule has 1 heterocycles. The third kappa shape index (κ3) is 5.29. The highest BCUT2D eigenvalue weighted by Gasteiger charge is 2.19. The summed E-state index contributed by atoms with van der Waals surface area (Å²) in [6, 6.07) is 3.92. The summed E-state index contributed by atoms with van der Waals surface area (Å²) in [5, 5.41) is 3.15. The molecule has 0 unspecified atom stereocenters. The number of nitrogens with zero attached hydrogens (tertiary/aromatic N) is 1. The summed E-state index contributed by atoms with van der Waals surface area (Å²) in [4.78, 5) is 0. The summed E-state index contributed by atoms with van der Waals surface area (Å²) >= 11 is 0. The van der Waals surface area contributed by atoms with Gasteiger partial charge in [0.25, 0.3) is 0 Å². The minimum Gasteiger partial charge on any atom is -1.00 e. The monoisotopic (exact) mass is 218 g/mol. The first-order valence-electron chi connectivity index (χ1n) is 4.61. The van der Waals surface area contributed by atoms with Gasteiger partial charge in [0.2, 0.25) is 0 Å². The second kappa shape index (κ2) is 6.32. The molecule has 1 aromatic rings.